The third-order valence-corrected chi connectivity index (χ3v) is 4.52. The molecule has 3 rings (SSSR count). The van der Waals surface area contributed by atoms with E-state index in [9.17, 15) is 14.4 Å². The fourth-order valence-corrected chi connectivity index (χ4v) is 2.87. The third kappa shape index (κ3) is 3.32. The maximum Gasteiger partial charge on any atom is 0.346 e. The lowest BCUT2D eigenvalue weighted by molar-refractivity contribution is -0.131. The number of nitrogens with zero attached hydrogens (tertiary/aromatic N) is 2. The van der Waals surface area contributed by atoms with Crippen LogP contribution < -0.4 is 10.1 Å². The van der Waals surface area contributed by atoms with Crippen LogP contribution >= 0.6 is 0 Å². The normalized spacial score (nSPS) is 19.0. The molecule has 3 amide bonds. The minimum Gasteiger partial charge on any atom is -0.497 e. The zero-order valence-electron chi connectivity index (χ0n) is 15.6. The molecule has 2 aromatic rings. The summed E-state index contributed by atoms with van der Waals surface area (Å²) in [7, 11) is 2.82. The highest BCUT2D eigenvalue weighted by atomic mass is 16.5. The Morgan fingerprint density at radius 2 is 1.79 bits per heavy atom. The summed E-state index contributed by atoms with van der Waals surface area (Å²) in [5.74, 6) is -0.435. The highest BCUT2D eigenvalue weighted by Gasteiger charge is 2.49. The molecule has 0 spiro atoms. The molecule has 1 atom stereocenters. The molecule has 8 heteroatoms. The molecule has 1 heterocycles. The molecule has 2 aromatic carbocycles. The maximum atomic E-state index is 12.9. The van der Waals surface area contributed by atoms with Crippen LogP contribution in [0.3, 0.4) is 0 Å². The molecule has 0 saturated carbocycles. The maximum absolute atomic E-state index is 12.9. The lowest BCUT2D eigenvalue weighted by atomic mass is 9.92. The minimum atomic E-state index is -1.26. The number of imide groups is 1. The van der Waals surface area contributed by atoms with E-state index in [0.717, 1.165) is 5.01 Å². The number of methoxy groups -OCH3 is 2. The first kappa shape index (κ1) is 19.1. The molecular weight excluding hydrogens is 362 g/mol. The van der Waals surface area contributed by atoms with Gasteiger partial charge in [-0.05, 0) is 30.7 Å². The Kier molecular flexibility index (Phi) is 5.12. The van der Waals surface area contributed by atoms with Crippen molar-refractivity contribution in [3.05, 3.63) is 65.2 Å². The van der Waals surface area contributed by atoms with E-state index in [-0.39, 0.29) is 5.56 Å². The highest BCUT2D eigenvalue weighted by molar-refractivity contribution is 6.08. The van der Waals surface area contributed by atoms with E-state index >= 15 is 0 Å². The topological polar surface area (TPSA) is 97.3 Å². The van der Waals surface area contributed by atoms with E-state index in [0.29, 0.717) is 16.9 Å². The number of benzene rings is 2. The molecule has 144 valence electrons. The first-order valence-electron chi connectivity index (χ1n) is 8.43. The fraction of sp³-hybridized carbons (Fsp3) is 0.200. The van der Waals surface area contributed by atoms with Gasteiger partial charge in [0, 0.05) is 5.56 Å². The van der Waals surface area contributed by atoms with Crippen LogP contribution in [0.5, 0.6) is 5.75 Å². The van der Waals surface area contributed by atoms with Crippen molar-refractivity contribution in [1.82, 2.24) is 10.3 Å². The van der Waals surface area contributed by atoms with Crippen LogP contribution in [0.15, 0.2) is 53.6 Å². The van der Waals surface area contributed by atoms with Crippen molar-refractivity contribution >= 4 is 24.1 Å². The monoisotopic (exact) mass is 381 g/mol. The van der Waals surface area contributed by atoms with Crippen LogP contribution in [0.1, 0.15) is 28.4 Å². The van der Waals surface area contributed by atoms with Gasteiger partial charge in [0.15, 0.2) is 0 Å². The number of carbonyl (C=O) groups excluding carboxylic acids is 3. The van der Waals surface area contributed by atoms with E-state index in [1.54, 1.807) is 62.6 Å². The van der Waals surface area contributed by atoms with Crippen molar-refractivity contribution in [2.24, 2.45) is 5.10 Å². The summed E-state index contributed by atoms with van der Waals surface area (Å²) < 4.78 is 9.85. The number of hydrogen-bond donors (Lipinski definition) is 1. The molecule has 8 nitrogen and oxygen atoms in total. The van der Waals surface area contributed by atoms with E-state index in [2.05, 4.69) is 10.4 Å². The Morgan fingerprint density at radius 1 is 1.11 bits per heavy atom. The number of hydrogen-bond acceptors (Lipinski definition) is 6. The van der Waals surface area contributed by atoms with Crippen molar-refractivity contribution in [3.63, 3.8) is 0 Å². The smallest absolute Gasteiger partial charge is 0.346 e. The SMILES string of the molecule is COC(=O)c1ccccc1/C=N\N1C(=O)N[C@@](C)(c2ccc(OC)cc2)C1=O. The zero-order valence-corrected chi connectivity index (χ0v) is 15.6. The number of nitrogens with one attached hydrogen (secondary N) is 1. The van der Waals surface area contributed by atoms with Gasteiger partial charge in [-0.2, -0.15) is 5.10 Å². The molecule has 1 fully saturated rings. The summed E-state index contributed by atoms with van der Waals surface area (Å²) in [6.07, 6.45) is 1.28. The Balaban J connectivity index is 1.88. The minimum absolute atomic E-state index is 0.277. The summed E-state index contributed by atoms with van der Waals surface area (Å²) in [5, 5.41) is 7.41. The summed E-state index contributed by atoms with van der Waals surface area (Å²) >= 11 is 0. The average molecular weight is 381 g/mol. The first-order chi connectivity index (χ1) is 13.4. The average Bonchev–Trinajstić information content (AvgIpc) is 2.95. The van der Waals surface area contributed by atoms with Gasteiger partial charge in [-0.3, -0.25) is 4.79 Å². The van der Waals surface area contributed by atoms with Gasteiger partial charge in [0.25, 0.3) is 5.91 Å². The zero-order chi connectivity index (χ0) is 20.3. The van der Waals surface area contributed by atoms with Crippen LogP contribution in [-0.2, 0) is 15.1 Å². The molecular formula is C20H19N3O5. The molecule has 0 aromatic heterocycles. The van der Waals surface area contributed by atoms with Crippen molar-refractivity contribution < 1.29 is 23.9 Å². The van der Waals surface area contributed by atoms with Crippen molar-refractivity contribution in [1.29, 1.82) is 0 Å². The van der Waals surface area contributed by atoms with Crippen molar-refractivity contribution in [3.8, 4) is 5.75 Å². The fourth-order valence-electron chi connectivity index (χ4n) is 2.87. The third-order valence-electron chi connectivity index (χ3n) is 4.52. The van der Waals surface area contributed by atoms with Crippen LogP contribution in [-0.4, -0.2) is 43.4 Å². The lowest BCUT2D eigenvalue weighted by Crippen LogP contribution is -2.40. The predicted molar refractivity (Wildman–Crippen MR) is 101 cm³/mol. The number of carbonyl (C=O) groups is 3. The largest absolute Gasteiger partial charge is 0.497 e. The van der Waals surface area contributed by atoms with Crippen molar-refractivity contribution in [2.45, 2.75) is 12.5 Å². The molecule has 0 unspecified atom stereocenters. The van der Waals surface area contributed by atoms with Crippen LogP contribution in [0, 0.1) is 0 Å². The molecule has 1 aliphatic heterocycles. The van der Waals surface area contributed by atoms with Gasteiger partial charge < -0.3 is 14.8 Å². The van der Waals surface area contributed by atoms with E-state index in [4.69, 9.17) is 9.47 Å². The van der Waals surface area contributed by atoms with Gasteiger partial charge in [-0.25, -0.2) is 9.59 Å². The summed E-state index contributed by atoms with van der Waals surface area (Å²) in [5.41, 5.74) is 0.0359. The number of amides is 3. The number of urea groups is 1. The Labute approximate surface area is 161 Å². The molecule has 28 heavy (non-hydrogen) atoms. The summed E-state index contributed by atoms with van der Waals surface area (Å²) in [6, 6.07) is 12.8. The first-order valence-corrected chi connectivity index (χ1v) is 8.43. The van der Waals surface area contributed by atoms with Crippen molar-refractivity contribution in [2.75, 3.05) is 14.2 Å². The second-order valence-electron chi connectivity index (χ2n) is 6.22. The van der Waals surface area contributed by atoms with Gasteiger partial charge in [0.1, 0.15) is 11.3 Å². The Hall–Kier alpha value is -3.68. The standard InChI is InChI=1S/C20H19N3O5/c1-20(14-8-10-15(27-2)11-9-14)18(25)23(19(26)22-20)21-12-13-6-4-5-7-16(13)17(24)28-3/h4-12H,1-3H3,(H,22,26)/b21-12-/t20-/m0/s1. The summed E-state index contributed by atoms with van der Waals surface area (Å²) in [4.78, 5) is 37.1. The van der Waals surface area contributed by atoms with E-state index in [1.807, 2.05) is 0 Å². The van der Waals surface area contributed by atoms with Crippen LogP contribution in [0.4, 0.5) is 4.79 Å². The quantitative estimate of drug-likeness (QED) is 0.487. The van der Waals surface area contributed by atoms with Crippen LogP contribution in [0.25, 0.3) is 0 Å². The predicted octanol–water partition coefficient (Wildman–Crippen LogP) is 2.28. The highest BCUT2D eigenvalue weighted by Crippen LogP contribution is 2.30. The van der Waals surface area contributed by atoms with Gasteiger partial charge in [0.2, 0.25) is 0 Å². The lowest BCUT2D eigenvalue weighted by Gasteiger charge is -2.21. The molecule has 0 bridgehead atoms. The molecule has 1 saturated heterocycles. The van der Waals surface area contributed by atoms with E-state index in [1.165, 1.54) is 13.3 Å². The Morgan fingerprint density at radius 3 is 2.43 bits per heavy atom. The van der Waals surface area contributed by atoms with Gasteiger partial charge in [-0.1, -0.05) is 30.3 Å². The molecule has 1 aliphatic rings. The molecule has 0 aliphatic carbocycles. The summed E-state index contributed by atoms with van der Waals surface area (Å²) in [6.45, 7) is 1.60. The van der Waals surface area contributed by atoms with Gasteiger partial charge in [-0.15, -0.1) is 5.01 Å². The number of hydrazone groups is 1. The second-order valence-corrected chi connectivity index (χ2v) is 6.22. The van der Waals surface area contributed by atoms with Crippen LogP contribution in [0.2, 0.25) is 0 Å². The van der Waals surface area contributed by atoms with Gasteiger partial charge >= 0.3 is 12.0 Å². The Bertz CT molecular complexity index is 955. The van der Waals surface area contributed by atoms with Gasteiger partial charge in [0.05, 0.1) is 26.0 Å². The second kappa shape index (κ2) is 7.51. The van der Waals surface area contributed by atoms with E-state index < -0.39 is 23.4 Å². The molecule has 0 radical (unpaired) electrons. The number of esters is 1. The number of rotatable bonds is 5. The number of ether oxygens (including phenoxy) is 2. The molecule has 1 N–H and O–H groups in total.